The molecule has 2 unspecified atom stereocenters. The van der Waals surface area contributed by atoms with Crippen LogP contribution in [0.3, 0.4) is 0 Å². The second-order valence-electron chi connectivity index (χ2n) is 26.6. The van der Waals surface area contributed by atoms with Crippen LogP contribution in [-0.4, -0.2) is 46.3 Å². The molecule has 0 amide bonds. The van der Waals surface area contributed by atoms with Crippen molar-refractivity contribution < 1.29 is 27.7 Å². The van der Waals surface area contributed by atoms with Crippen molar-refractivity contribution >= 4 is 23.9 Å². The van der Waals surface area contributed by atoms with Gasteiger partial charge in [-0.25, -0.2) is 8.78 Å². The third-order valence-corrected chi connectivity index (χ3v) is 20.2. The number of rotatable bonds is 22. The summed E-state index contributed by atoms with van der Waals surface area (Å²) in [5, 5.41) is 3.18. The third kappa shape index (κ3) is 23.0. The molecular weight excluding hydrogens is 1360 g/mol. The summed E-state index contributed by atoms with van der Waals surface area (Å²) in [4.78, 5) is 2.76. The fourth-order valence-electron chi connectivity index (χ4n) is 13.6. The molecule has 3 aliphatic rings. The van der Waals surface area contributed by atoms with Gasteiger partial charge < -0.3 is 52.9 Å². The maximum atomic E-state index is 13.3. The van der Waals surface area contributed by atoms with E-state index in [1.807, 2.05) is 129 Å². The highest BCUT2D eigenvalue weighted by Gasteiger charge is 2.28. The molecule has 0 spiro atoms. The van der Waals surface area contributed by atoms with E-state index in [1.165, 1.54) is 89.7 Å². The molecule has 3 atom stereocenters. The second-order valence-corrected chi connectivity index (χ2v) is 27.7. The molecular formula is C95H102F2N6O4S. The van der Waals surface area contributed by atoms with Gasteiger partial charge >= 0.3 is 0 Å². The van der Waals surface area contributed by atoms with Crippen LogP contribution < -0.4 is 52.9 Å². The Bertz CT molecular complexity index is 4460. The van der Waals surface area contributed by atoms with Crippen molar-refractivity contribution in [2.24, 2.45) is 28.7 Å². The van der Waals surface area contributed by atoms with Gasteiger partial charge in [0, 0.05) is 64.0 Å². The van der Waals surface area contributed by atoms with Crippen LogP contribution in [0.15, 0.2) is 313 Å². The van der Waals surface area contributed by atoms with Gasteiger partial charge in [-0.1, -0.05) is 260 Å². The number of nitrogens with one attached hydrogen (secondary N) is 1. The summed E-state index contributed by atoms with van der Waals surface area (Å²) in [7, 11) is 1.97. The summed E-state index contributed by atoms with van der Waals surface area (Å²) < 4.78 is 50.2. The van der Waals surface area contributed by atoms with Gasteiger partial charge in [-0.3, -0.25) is 0 Å². The van der Waals surface area contributed by atoms with Crippen LogP contribution in [0.2, 0.25) is 0 Å². The van der Waals surface area contributed by atoms with E-state index >= 15 is 0 Å². The molecule has 13 heteroatoms. The quantitative estimate of drug-likeness (QED) is 0.0380. The minimum Gasteiger partial charge on any atom is -0.486 e. The first-order valence-corrected chi connectivity index (χ1v) is 38.3. The zero-order valence-electron chi connectivity index (χ0n) is 62.2. The summed E-state index contributed by atoms with van der Waals surface area (Å²) in [6.07, 6.45) is 9.43. The van der Waals surface area contributed by atoms with E-state index in [4.69, 9.17) is 47.6 Å². The largest absolute Gasteiger partial charge is 0.486 e. The van der Waals surface area contributed by atoms with Crippen LogP contribution in [0.1, 0.15) is 147 Å². The highest BCUT2D eigenvalue weighted by atomic mass is 32.2. The van der Waals surface area contributed by atoms with Crippen LogP contribution in [0.5, 0.6) is 28.7 Å². The first-order valence-electron chi connectivity index (χ1n) is 37.4. The van der Waals surface area contributed by atoms with Crippen LogP contribution in [-0.2, 0) is 0 Å². The van der Waals surface area contributed by atoms with Crippen molar-refractivity contribution in [3.63, 3.8) is 0 Å². The predicted molar refractivity (Wildman–Crippen MR) is 442 cm³/mol. The van der Waals surface area contributed by atoms with Gasteiger partial charge in [0.05, 0.1) is 0 Å². The average molecular weight is 1460 g/mol. The molecule has 0 saturated heterocycles. The lowest BCUT2D eigenvalue weighted by atomic mass is 9.85. The number of benzene rings is 12. The van der Waals surface area contributed by atoms with Crippen LogP contribution >= 0.6 is 11.8 Å². The van der Waals surface area contributed by atoms with Crippen LogP contribution in [0, 0.1) is 25.5 Å². The predicted octanol–water partition coefficient (Wildman–Crippen LogP) is 21.2. The number of fused-ring (bicyclic) bond motifs is 6. The molecule has 12 aromatic rings. The first kappa shape index (κ1) is 80.1. The Kier molecular flexibility index (Phi) is 31.7. The molecule has 0 radical (unpaired) electrons. The standard InChI is InChI=1S/C17H21NO.C17H17N.C16H18FNO.C15H16FNO.C15H15NO.C15H15NS/c1-14-8-10-16(11-9-14)19-17(12-13-18-2)15-6-4-3-5-7-15;18-12-11-17-15-7-3-1-5-13(15)9-10-14-6-2-4-8-16(14)17;1-12-5-2-3-8-15(12)19-16(9-10-18)13-6-4-7-14(17)11-13;16-13-7-4-8-14(11-13)18-15(9-10-17)12-5-2-1-3-6-12;2*16-10-9-11-12-5-1-3-7-14(12)17-15-8-4-2-6-13(11)15/h3-11,17-18H,12-13H2,1-2H3;1-10,17H,11-12,18H2;2-8,11,16H,9-10,18H2,1H3;1-8,11,15H,9-10,17H2;2*1-8,11H,9-10,16H2/t;;;15-;;/m...1../s1. The fraction of sp³-hybridized carbons (Fsp3) is 0.221. The van der Waals surface area contributed by atoms with Gasteiger partial charge in [-0.15, -0.1) is 0 Å². The Morgan fingerprint density at radius 3 is 1.28 bits per heavy atom. The van der Waals surface area contributed by atoms with Crippen molar-refractivity contribution in [3.8, 4) is 28.7 Å². The lowest BCUT2D eigenvalue weighted by molar-refractivity contribution is 0.195. The highest BCUT2D eigenvalue weighted by molar-refractivity contribution is 7.99. The normalized spacial score (nSPS) is 13.0. The number of hydrogen-bond donors (Lipinski definition) is 6. The van der Waals surface area contributed by atoms with Gasteiger partial charge in [-0.2, -0.15) is 0 Å². The Balaban J connectivity index is 0.000000138. The molecule has 0 fully saturated rings. The average Bonchev–Trinajstić information content (AvgIpc) is 0.987. The van der Waals surface area contributed by atoms with Gasteiger partial charge in [0.25, 0.3) is 0 Å². The monoisotopic (exact) mass is 1460 g/mol. The molecule has 556 valence electrons. The van der Waals surface area contributed by atoms with E-state index in [2.05, 4.69) is 182 Å². The van der Waals surface area contributed by atoms with Gasteiger partial charge in [0.1, 0.15) is 58.7 Å². The van der Waals surface area contributed by atoms with Crippen molar-refractivity contribution in [2.75, 3.05) is 46.3 Å². The summed E-state index contributed by atoms with van der Waals surface area (Å²) in [5.41, 5.74) is 44.7. The SMILES string of the molecule is CNCCC(Oc1ccc(C)cc1)c1ccccc1.Cc1ccccc1OC(CCN)c1cccc(F)c1.NCCC1c2ccccc2C=Cc2ccccc21.NCCC1c2ccccc2Oc2ccccc21.NCCC1c2ccccc2Sc2ccccc21.NCC[C@@H](Oc1cccc(F)c1)c1ccccc1. The van der Waals surface area contributed by atoms with Crippen molar-refractivity contribution in [1.82, 2.24) is 5.32 Å². The Hall–Kier alpha value is -10.5. The summed E-state index contributed by atoms with van der Waals surface area (Å²) in [6, 6.07) is 99.9. The maximum absolute atomic E-state index is 13.3. The van der Waals surface area contributed by atoms with E-state index in [1.54, 1.807) is 18.2 Å². The van der Waals surface area contributed by atoms with Gasteiger partial charge in [-0.05, 0) is 202 Å². The summed E-state index contributed by atoms with van der Waals surface area (Å²) in [5.74, 6) is 4.87. The molecule has 0 bridgehead atoms. The summed E-state index contributed by atoms with van der Waals surface area (Å²) in [6.45, 7) is 8.16. The number of para-hydroxylation sites is 3. The van der Waals surface area contributed by atoms with Crippen molar-refractivity contribution in [2.45, 2.75) is 98.2 Å². The van der Waals surface area contributed by atoms with Crippen molar-refractivity contribution in [3.05, 3.63) is 387 Å². The fourth-order valence-corrected chi connectivity index (χ4v) is 14.8. The molecule has 0 aromatic heterocycles. The zero-order chi connectivity index (χ0) is 75.7. The molecule has 2 aliphatic heterocycles. The molecule has 11 N–H and O–H groups in total. The third-order valence-electron chi connectivity index (χ3n) is 19.0. The molecule has 108 heavy (non-hydrogen) atoms. The van der Waals surface area contributed by atoms with Crippen LogP contribution in [0.25, 0.3) is 12.2 Å². The Labute approximate surface area is 642 Å². The Morgan fingerprint density at radius 1 is 0.370 bits per heavy atom. The highest BCUT2D eigenvalue weighted by Crippen LogP contribution is 2.48. The molecule has 0 saturated carbocycles. The molecule has 10 nitrogen and oxygen atoms in total. The molecule has 12 aromatic carbocycles. The van der Waals surface area contributed by atoms with E-state index in [9.17, 15) is 8.78 Å². The van der Waals surface area contributed by atoms with E-state index in [-0.39, 0.29) is 29.9 Å². The number of ether oxygens (including phenoxy) is 4. The van der Waals surface area contributed by atoms with Crippen molar-refractivity contribution in [1.29, 1.82) is 0 Å². The zero-order valence-corrected chi connectivity index (χ0v) is 63.0. The molecule has 2 heterocycles. The second kappa shape index (κ2) is 42.8. The van der Waals surface area contributed by atoms with E-state index in [0.29, 0.717) is 62.5 Å². The summed E-state index contributed by atoms with van der Waals surface area (Å²) >= 11 is 1.87. The first-order chi connectivity index (χ1) is 53.0. The Morgan fingerprint density at radius 2 is 0.778 bits per heavy atom. The molecule has 15 rings (SSSR count). The van der Waals surface area contributed by atoms with E-state index < -0.39 is 0 Å². The van der Waals surface area contributed by atoms with E-state index in [0.717, 1.165) is 78.5 Å². The molecule has 1 aliphatic carbocycles. The van der Waals surface area contributed by atoms with Crippen LogP contribution in [0.4, 0.5) is 8.78 Å². The number of nitrogens with two attached hydrogens (primary N) is 5. The topological polar surface area (TPSA) is 179 Å². The number of hydrogen-bond acceptors (Lipinski definition) is 11. The number of aryl methyl sites for hydroxylation is 2. The lowest BCUT2D eigenvalue weighted by Gasteiger charge is -2.27. The minimum atomic E-state index is -0.299. The minimum absolute atomic E-state index is 0.0938. The lowest BCUT2D eigenvalue weighted by Crippen LogP contribution is -2.16. The maximum Gasteiger partial charge on any atom is 0.131 e. The van der Waals surface area contributed by atoms with Gasteiger partial charge in [0.15, 0.2) is 0 Å². The number of halogens is 2. The van der Waals surface area contributed by atoms with Gasteiger partial charge in [0.2, 0.25) is 0 Å². The smallest absolute Gasteiger partial charge is 0.131 e.